The van der Waals surface area contributed by atoms with E-state index in [-0.39, 0.29) is 4.90 Å². The minimum atomic E-state index is -3.66. The molecule has 0 saturated carbocycles. The van der Waals surface area contributed by atoms with Crippen molar-refractivity contribution in [3.05, 3.63) is 54.1 Å². The lowest BCUT2D eigenvalue weighted by molar-refractivity contribution is 0.331. The number of para-hydroxylation sites is 1. The molecule has 0 aliphatic rings. The van der Waals surface area contributed by atoms with Gasteiger partial charge in [-0.05, 0) is 43.7 Å². The molecular formula is C15H17NO3S. The molecule has 4 nitrogen and oxygen atoms in total. The Balaban J connectivity index is 2.41. The number of anilines is 1. The summed E-state index contributed by atoms with van der Waals surface area (Å²) >= 11 is 0. The van der Waals surface area contributed by atoms with Gasteiger partial charge in [-0.3, -0.25) is 4.72 Å². The molecule has 0 fully saturated rings. The molecule has 0 amide bonds. The summed E-state index contributed by atoms with van der Waals surface area (Å²) in [5, 5.41) is 0. The summed E-state index contributed by atoms with van der Waals surface area (Å²) in [5.41, 5.74) is 1.39. The van der Waals surface area contributed by atoms with Crippen molar-refractivity contribution in [2.24, 2.45) is 0 Å². The zero-order valence-corrected chi connectivity index (χ0v) is 12.3. The fourth-order valence-electron chi connectivity index (χ4n) is 1.82. The predicted molar refractivity (Wildman–Crippen MR) is 79.6 cm³/mol. The third-order valence-electron chi connectivity index (χ3n) is 2.71. The molecule has 0 heterocycles. The summed E-state index contributed by atoms with van der Waals surface area (Å²) in [5.74, 6) is 0.363. The maximum absolute atomic E-state index is 12.5. The number of hydrogen-bond donors (Lipinski definition) is 1. The van der Waals surface area contributed by atoms with E-state index in [1.54, 1.807) is 36.4 Å². The van der Waals surface area contributed by atoms with Crippen LogP contribution in [0.5, 0.6) is 5.75 Å². The number of rotatable bonds is 5. The Morgan fingerprint density at radius 3 is 2.45 bits per heavy atom. The van der Waals surface area contributed by atoms with Crippen molar-refractivity contribution >= 4 is 15.7 Å². The van der Waals surface area contributed by atoms with Crippen molar-refractivity contribution in [2.75, 3.05) is 11.3 Å². The van der Waals surface area contributed by atoms with Crippen LogP contribution in [0.3, 0.4) is 0 Å². The molecule has 2 aromatic carbocycles. The number of nitrogens with one attached hydrogen (secondary N) is 1. The molecule has 106 valence electrons. The Hall–Kier alpha value is -2.01. The van der Waals surface area contributed by atoms with Crippen LogP contribution in [0.2, 0.25) is 0 Å². The maximum atomic E-state index is 12.5. The quantitative estimate of drug-likeness (QED) is 0.920. The summed E-state index contributed by atoms with van der Waals surface area (Å²) in [6.07, 6.45) is 0. The van der Waals surface area contributed by atoms with Gasteiger partial charge < -0.3 is 4.74 Å². The monoisotopic (exact) mass is 291 g/mol. The number of hydrogen-bond acceptors (Lipinski definition) is 3. The van der Waals surface area contributed by atoms with Crippen molar-refractivity contribution in [3.8, 4) is 5.75 Å². The highest BCUT2D eigenvalue weighted by molar-refractivity contribution is 7.92. The third kappa shape index (κ3) is 3.30. The molecule has 20 heavy (non-hydrogen) atoms. The van der Waals surface area contributed by atoms with Crippen LogP contribution >= 0.6 is 0 Å². The molecule has 2 aromatic rings. The molecule has 0 unspecified atom stereocenters. The first kappa shape index (κ1) is 14.4. The zero-order chi connectivity index (χ0) is 14.6. The van der Waals surface area contributed by atoms with E-state index in [4.69, 9.17) is 4.74 Å². The van der Waals surface area contributed by atoms with Crippen LogP contribution in [0.4, 0.5) is 5.69 Å². The van der Waals surface area contributed by atoms with Crippen LogP contribution in [0.1, 0.15) is 12.5 Å². The van der Waals surface area contributed by atoms with Gasteiger partial charge in [0.05, 0.1) is 6.61 Å². The maximum Gasteiger partial charge on any atom is 0.265 e. The molecule has 1 N–H and O–H groups in total. The summed E-state index contributed by atoms with van der Waals surface area (Å²) in [6.45, 7) is 4.08. The van der Waals surface area contributed by atoms with Gasteiger partial charge in [0, 0.05) is 5.69 Å². The van der Waals surface area contributed by atoms with Crippen LogP contribution in [-0.4, -0.2) is 15.0 Å². The number of ether oxygens (including phenoxy) is 1. The second kappa shape index (κ2) is 5.96. The van der Waals surface area contributed by atoms with E-state index in [1.165, 1.54) is 0 Å². The van der Waals surface area contributed by atoms with Crippen molar-refractivity contribution in [1.29, 1.82) is 0 Å². The molecular weight excluding hydrogens is 274 g/mol. The highest BCUT2D eigenvalue weighted by Crippen LogP contribution is 2.27. The third-order valence-corrected chi connectivity index (χ3v) is 4.12. The van der Waals surface area contributed by atoms with Crippen LogP contribution in [0.25, 0.3) is 0 Å². The van der Waals surface area contributed by atoms with E-state index < -0.39 is 10.0 Å². The average Bonchev–Trinajstić information content (AvgIpc) is 2.41. The second-order valence-corrected chi connectivity index (χ2v) is 6.01. The van der Waals surface area contributed by atoms with Crippen LogP contribution in [0, 0.1) is 6.92 Å². The Labute approximate surface area is 119 Å². The second-order valence-electron chi connectivity index (χ2n) is 4.35. The van der Waals surface area contributed by atoms with Gasteiger partial charge in [0.1, 0.15) is 10.6 Å². The van der Waals surface area contributed by atoms with E-state index in [2.05, 4.69) is 4.72 Å². The first-order chi connectivity index (χ1) is 9.53. The Morgan fingerprint density at radius 2 is 1.80 bits per heavy atom. The van der Waals surface area contributed by atoms with Crippen LogP contribution in [0.15, 0.2) is 53.4 Å². The Morgan fingerprint density at radius 1 is 1.10 bits per heavy atom. The smallest absolute Gasteiger partial charge is 0.265 e. The van der Waals surface area contributed by atoms with Gasteiger partial charge >= 0.3 is 0 Å². The molecule has 0 aliphatic heterocycles. The van der Waals surface area contributed by atoms with Gasteiger partial charge in [-0.2, -0.15) is 0 Å². The van der Waals surface area contributed by atoms with Crippen molar-refractivity contribution in [2.45, 2.75) is 18.7 Å². The zero-order valence-electron chi connectivity index (χ0n) is 11.5. The number of sulfonamides is 1. The lowest BCUT2D eigenvalue weighted by Crippen LogP contribution is -2.14. The van der Waals surface area contributed by atoms with E-state index in [0.29, 0.717) is 18.0 Å². The lowest BCUT2D eigenvalue weighted by atomic mass is 10.2. The van der Waals surface area contributed by atoms with Gasteiger partial charge in [0.25, 0.3) is 10.0 Å². The summed E-state index contributed by atoms with van der Waals surface area (Å²) in [7, 11) is -3.66. The molecule has 0 atom stereocenters. The van der Waals surface area contributed by atoms with E-state index >= 15 is 0 Å². The van der Waals surface area contributed by atoms with Gasteiger partial charge in [0.2, 0.25) is 0 Å². The minimum Gasteiger partial charge on any atom is -0.492 e. The molecule has 0 bridgehead atoms. The Bertz CT molecular complexity index is 682. The van der Waals surface area contributed by atoms with E-state index in [1.807, 2.05) is 26.0 Å². The molecule has 0 saturated heterocycles. The van der Waals surface area contributed by atoms with E-state index in [0.717, 1.165) is 5.56 Å². The van der Waals surface area contributed by atoms with Gasteiger partial charge in [-0.25, -0.2) is 8.42 Å². The lowest BCUT2D eigenvalue weighted by Gasteiger charge is -2.13. The topological polar surface area (TPSA) is 55.4 Å². The average molecular weight is 291 g/mol. The summed E-state index contributed by atoms with van der Waals surface area (Å²) < 4.78 is 32.9. The number of aryl methyl sites for hydroxylation is 1. The standard InChI is InChI=1S/C15H17NO3S/c1-3-19-14-10-9-12(2)11-15(14)20(17,18)16-13-7-5-4-6-8-13/h4-11,16H,3H2,1-2H3. The highest BCUT2D eigenvalue weighted by atomic mass is 32.2. The molecule has 5 heteroatoms. The van der Waals surface area contributed by atoms with Gasteiger partial charge in [0.15, 0.2) is 0 Å². The molecule has 0 spiro atoms. The highest BCUT2D eigenvalue weighted by Gasteiger charge is 2.19. The first-order valence-electron chi connectivity index (χ1n) is 6.34. The molecule has 0 aliphatic carbocycles. The van der Waals surface area contributed by atoms with Gasteiger partial charge in [-0.15, -0.1) is 0 Å². The predicted octanol–water partition coefficient (Wildman–Crippen LogP) is 3.19. The van der Waals surface area contributed by atoms with E-state index in [9.17, 15) is 8.42 Å². The number of benzene rings is 2. The van der Waals surface area contributed by atoms with Crippen molar-refractivity contribution < 1.29 is 13.2 Å². The first-order valence-corrected chi connectivity index (χ1v) is 7.82. The SMILES string of the molecule is CCOc1ccc(C)cc1S(=O)(=O)Nc1ccccc1. The summed E-state index contributed by atoms with van der Waals surface area (Å²) in [4.78, 5) is 0.156. The molecule has 0 aromatic heterocycles. The van der Waals surface area contributed by atoms with Crippen LogP contribution < -0.4 is 9.46 Å². The van der Waals surface area contributed by atoms with Gasteiger partial charge in [-0.1, -0.05) is 24.3 Å². The largest absolute Gasteiger partial charge is 0.492 e. The fraction of sp³-hybridized carbons (Fsp3) is 0.200. The normalized spacial score (nSPS) is 11.1. The molecule has 2 rings (SSSR count). The van der Waals surface area contributed by atoms with Crippen molar-refractivity contribution in [3.63, 3.8) is 0 Å². The fourth-order valence-corrected chi connectivity index (χ4v) is 3.11. The minimum absolute atomic E-state index is 0.156. The molecule has 0 radical (unpaired) electrons. The van der Waals surface area contributed by atoms with Crippen molar-refractivity contribution in [1.82, 2.24) is 0 Å². The summed E-state index contributed by atoms with van der Waals surface area (Å²) in [6, 6.07) is 13.9. The van der Waals surface area contributed by atoms with Crippen LogP contribution in [-0.2, 0) is 10.0 Å². The Kier molecular flexibility index (Phi) is 4.29.